The molecule has 3 aromatic rings. The minimum Gasteiger partial charge on any atom is -0.437 e. The first-order chi connectivity index (χ1) is 11.9. The highest BCUT2D eigenvalue weighted by Crippen LogP contribution is 2.24. The number of carbonyl (C=O) groups is 1. The third-order valence-electron chi connectivity index (χ3n) is 3.63. The second-order valence-electron chi connectivity index (χ2n) is 5.59. The molecule has 0 N–H and O–H groups in total. The number of hydrogen-bond donors (Lipinski definition) is 0. The summed E-state index contributed by atoms with van der Waals surface area (Å²) >= 11 is 0. The molecule has 0 amide bonds. The van der Waals surface area contributed by atoms with Crippen LogP contribution in [0, 0.1) is 13.8 Å². The summed E-state index contributed by atoms with van der Waals surface area (Å²) < 4.78 is 35.5. The van der Waals surface area contributed by atoms with Crippen LogP contribution < -0.4 is 4.74 Å². The smallest absolute Gasteiger partial charge is 0.379 e. The van der Waals surface area contributed by atoms with Gasteiger partial charge in [0.25, 0.3) is 0 Å². The summed E-state index contributed by atoms with van der Waals surface area (Å²) in [6.45, 7) is 3.76. The number of aryl methyl sites for hydroxylation is 2. The van der Waals surface area contributed by atoms with Crippen molar-refractivity contribution in [3.05, 3.63) is 77.6 Å². The SMILES string of the molecule is Cc1ccc(OC(=O)c2ccc(S(=O)(=O)c3ccccc3)o2)c(C)c1. The highest BCUT2D eigenvalue weighted by atomic mass is 32.2. The van der Waals surface area contributed by atoms with E-state index in [4.69, 9.17) is 9.15 Å². The number of benzene rings is 2. The number of rotatable bonds is 4. The molecule has 0 saturated carbocycles. The van der Waals surface area contributed by atoms with Crippen LogP contribution in [0.5, 0.6) is 5.75 Å². The van der Waals surface area contributed by atoms with Crippen molar-refractivity contribution in [3.63, 3.8) is 0 Å². The van der Waals surface area contributed by atoms with Gasteiger partial charge in [-0.05, 0) is 49.7 Å². The Balaban J connectivity index is 1.85. The molecule has 0 fully saturated rings. The van der Waals surface area contributed by atoms with Crippen LogP contribution in [0.3, 0.4) is 0 Å². The Kier molecular flexibility index (Phi) is 4.46. The molecule has 2 aromatic carbocycles. The molecule has 0 radical (unpaired) electrons. The van der Waals surface area contributed by atoms with Crippen molar-refractivity contribution in [1.82, 2.24) is 0 Å². The van der Waals surface area contributed by atoms with Crippen LogP contribution in [0.1, 0.15) is 21.7 Å². The molecule has 3 rings (SSSR count). The zero-order chi connectivity index (χ0) is 18.0. The van der Waals surface area contributed by atoms with Crippen LogP contribution in [-0.4, -0.2) is 14.4 Å². The zero-order valence-corrected chi connectivity index (χ0v) is 14.5. The molecule has 0 atom stereocenters. The third kappa shape index (κ3) is 3.49. The van der Waals surface area contributed by atoms with E-state index in [1.54, 1.807) is 24.3 Å². The molecule has 128 valence electrons. The summed E-state index contributed by atoms with van der Waals surface area (Å²) in [5.74, 6) is -0.518. The van der Waals surface area contributed by atoms with Crippen molar-refractivity contribution in [2.45, 2.75) is 23.8 Å². The number of hydrogen-bond acceptors (Lipinski definition) is 5. The van der Waals surface area contributed by atoms with Crippen LogP contribution in [0.15, 0.2) is 75.1 Å². The predicted octanol–water partition coefficient (Wildman–Crippen LogP) is 3.95. The van der Waals surface area contributed by atoms with Gasteiger partial charge in [0.05, 0.1) is 4.90 Å². The Bertz CT molecular complexity index is 1020. The van der Waals surface area contributed by atoms with E-state index in [-0.39, 0.29) is 15.7 Å². The molecule has 25 heavy (non-hydrogen) atoms. The van der Waals surface area contributed by atoms with Gasteiger partial charge < -0.3 is 9.15 Å². The van der Waals surface area contributed by atoms with E-state index in [9.17, 15) is 13.2 Å². The van der Waals surface area contributed by atoms with E-state index >= 15 is 0 Å². The van der Waals surface area contributed by atoms with Crippen molar-refractivity contribution in [1.29, 1.82) is 0 Å². The Labute approximate surface area is 145 Å². The van der Waals surface area contributed by atoms with Gasteiger partial charge in [-0.2, -0.15) is 0 Å². The summed E-state index contributed by atoms with van der Waals surface area (Å²) in [4.78, 5) is 12.3. The number of sulfone groups is 1. The first-order valence-electron chi connectivity index (χ1n) is 7.57. The summed E-state index contributed by atoms with van der Waals surface area (Å²) in [5, 5.41) is -0.300. The number of carbonyl (C=O) groups excluding carboxylic acids is 1. The second kappa shape index (κ2) is 6.57. The van der Waals surface area contributed by atoms with Gasteiger partial charge in [-0.3, -0.25) is 0 Å². The molecule has 1 aromatic heterocycles. The second-order valence-corrected chi connectivity index (χ2v) is 7.47. The molecule has 0 aliphatic heterocycles. The molecule has 5 nitrogen and oxygen atoms in total. The topological polar surface area (TPSA) is 73.6 Å². The van der Waals surface area contributed by atoms with Gasteiger partial charge in [0.2, 0.25) is 20.7 Å². The van der Waals surface area contributed by atoms with E-state index in [0.717, 1.165) is 11.1 Å². The van der Waals surface area contributed by atoms with Gasteiger partial charge in [-0.15, -0.1) is 0 Å². The molecule has 0 spiro atoms. The maximum Gasteiger partial charge on any atom is 0.379 e. The first kappa shape index (κ1) is 17.0. The molecular weight excluding hydrogens is 340 g/mol. The highest BCUT2D eigenvalue weighted by molar-refractivity contribution is 7.91. The molecule has 6 heteroatoms. The lowest BCUT2D eigenvalue weighted by Gasteiger charge is -2.06. The Morgan fingerprint density at radius 3 is 2.36 bits per heavy atom. The molecule has 0 saturated heterocycles. The van der Waals surface area contributed by atoms with E-state index in [1.807, 2.05) is 26.0 Å². The zero-order valence-electron chi connectivity index (χ0n) is 13.7. The van der Waals surface area contributed by atoms with Gasteiger partial charge in [-0.25, -0.2) is 13.2 Å². The lowest BCUT2D eigenvalue weighted by atomic mass is 10.1. The monoisotopic (exact) mass is 356 g/mol. The predicted molar refractivity (Wildman–Crippen MR) is 91.5 cm³/mol. The summed E-state index contributed by atoms with van der Waals surface area (Å²) in [5.41, 5.74) is 1.85. The molecule has 1 heterocycles. The summed E-state index contributed by atoms with van der Waals surface area (Å²) in [7, 11) is -3.81. The van der Waals surface area contributed by atoms with Crippen molar-refractivity contribution in [3.8, 4) is 5.75 Å². The number of furan rings is 1. The van der Waals surface area contributed by atoms with Crippen LogP contribution in [0.25, 0.3) is 0 Å². The normalized spacial score (nSPS) is 11.3. The minimum atomic E-state index is -3.81. The number of esters is 1. The van der Waals surface area contributed by atoms with Crippen molar-refractivity contribution in [2.24, 2.45) is 0 Å². The quantitative estimate of drug-likeness (QED) is 0.523. The van der Waals surface area contributed by atoms with E-state index in [1.165, 1.54) is 24.3 Å². The van der Waals surface area contributed by atoms with Crippen molar-refractivity contribution in [2.75, 3.05) is 0 Å². The van der Waals surface area contributed by atoms with Gasteiger partial charge in [0.1, 0.15) is 5.75 Å². The number of ether oxygens (including phenoxy) is 1. The van der Waals surface area contributed by atoms with Crippen molar-refractivity contribution >= 4 is 15.8 Å². The molecule has 0 bridgehead atoms. The first-order valence-corrected chi connectivity index (χ1v) is 9.05. The third-order valence-corrected chi connectivity index (χ3v) is 5.28. The largest absolute Gasteiger partial charge is 0.437 e. The van der Waals surface area contributed by atoms with Crippen LogP contribution in [0.2, 0.25) is 0 Å². The van der Waals surface area contributed by atoms with Gasteiger partial charge in [0.15, 0.2) is 0 Å². The molecule has 0 aliphatic rings. The van der Waals surface area contributed by atoms with Crippen LogP contribution in [0.4, 0.5) is 0 Å². The maximum absolute atomic E-state index is 12.5. The summed E-state index contributed by atoms with van der Waals surface area (Å²) in [6.07, 6.45) is 0. The molecule has 0 aliphatic carbocycles. The maximum atomic E-state index is 12.5. The highest BCUT2D eigenvalue weighted by Gasteiger charge is 2.24. The average Bonchev–Trinajstić information content (AvgIpc) is 3.09. The molecule has 0 unspecified atom stereocenters. The van der Waals surface area contributed by atoms with Gasteiger partial charge >= 0.3 is 5.97 Å². The van der Waals surface area contributed by atoms with E-state index < -0.39 is 15.8 Å². The fourth-order valence-corrected chi connectivity index (χ4v) is 3.55. The lowest BCUT2D eigenvalue weighted by molar-refractivity contribution is 0.0694. The van der Waals surface area contributed by atoms with E-state index in [0.29, 0.717) is 5.75 Å². The fourth-order valence-electron chi connectivity index (χ4n) is 2.35. The van der Waals surface area contributed by atoms with Crippen LogP contribution in [-0.2, 0) is 9.84 Å². The van der Waals surface area contributed by atoms with Gasteiger partial charge in [-0.1, -0.05) is 35.9 Å². The Hall–Kier alpha value is -2.86. The lowest BCUT2D eigenvalue weighted by Crippen LogP contribution is -2.08. The average molecular weight is 356 g/mol. The standard InChI is InChI=1S/C19H16O5S/c1-13-8-9-16(14(2)12-13)24-19(20)17-10-11-18(23-17)25(21,22)15-6-4-3-5-7-15/h3-12H,1-2H3. The Morgan fingerprint density at radius 1 is 0.960 bits per heavy atom. The van der Waals surface area contributed by atoms with Crippen LogP contribution >= 0.6 is 0 Å². The van der Waals surface area contributed by atoms with E-state index in [2.05, 4.69) is 0 Å². The minimum absolute atomic E-state index is 0.0960. The van der Waals surface area contributed by atoms with Gasteiger partial charge in [0, 0.05) is 0 Å². The summed E-state index contributed by atoms with van der Waals surface area (Å²) in [6, 6.07) is 15.8. The van der Waals surface area contributed by atoms with Crippen molar-refractivity contribution < 1.29 is 22.4 Å². The Morgan fingerprint density at radius 2 is 1.68 bits per heavy atom. The molecular formula is C19H16O5S. The fraction of sp³-hybridized carbons (Fsp3) is 0.105.